The number of aryl methyl sites for hydroxylation is 1. The first-order valence-electron chi connectivity index (χ1n) is 6.26. The third kappa shape index (κ3) is 2.50. The number of aromatic nitrogens is 2. The van der Waals surface area contributed by atoms with Crippen LogP contribution in [0.3, 0.4) is 0 Å². The molecule has 1 aromatic heterocycles. The number of fused-ring (bicyclic) bond motifs is 1. The monoisotopic (exact) mass is 382 g/mol. The fourth-order valence-corrected chi connectivity index (χ4v) is 3.13. The number of H-pyrrole nitrogens is 1. The van der Waals surface area contributed by atoms with Crippen molar-refractivity contribution in [3.8, 4) is 11.4 Å². The summed E-state index contributed by atoms with van der Waals surface area (Å²) in [5.74, 6) is 0.686. The molecule has 0 spiro atoms. The number of aromatic amines is 1. The summed E-state index contributed by atoms with van der Waals surface area (Å²) in [6.45, 7) is 1.96. The lowest BCUT2D eigenvalue weighted by Crippen LogP contribution is -1.99. The van der Waals surface area contributed by atoms with Crippen molar-refractivity contribution in [1.29, 1.82) is 0 Å². The molecule has 0 saturated heterocycles. The minimum Gasteiger partial charge on any atom is -0.495 e. The van der Waals surface area contributed by atoms with Gasteiger partial charge >= 0.3 is 0 Å². The molecular weight excluding hydrogens is 372 g/mol. The van der Waals surface area contributed by atoms with Gasteiger partial charge in [0.2, 0.25) is 0 Å². The number of benzene rings is 2. The van der Waals surface area contributed by atoms with Gasteiger partial charge in [-0.2, -0.15) is 0 Å². The second-order valence-corrected chi connectivity index (χ2v) is 6.41. The maximum Gasteiger partial charge on any atom is 0.182 e. The van der Waals surface area contributed by atoms with Gasteiger partial charge in [0.05, 0.1) is 23.8 Å². The highest BCUT2D eigenvalue weighted by Crippen LogP contribution is 2.32. The van der Waals surface area contributed by atoms with Gasteiger partial charge in [0.25, 0.3) is 0 Å². The number of nitrogens with zero attached hydrogens (tertiary/aromatic N) is 1. The summed E-state index contributed by atoms with van der Waals surface area (Å²) in [6, 6.07) is 9.78. The Labute approximate surface area is 140 Å². The molecular formula is C15H12BrClN2OS. The van der Waals surface area contributed by atoms with E-state index < -0.39 is 0 Å². The second-order valence-electron chi connectivity index (χ2n) is 4.70. The third-order valence-electron chi connectivity index (χ3n) is 3.35. The smallest absolute Gasteiger partial charge is 0.182 e. The maximum atomic E-state index is 6.18. The van der Waals surface area contributed by atoms with E-state index in [1.807, 2.05) is 41.8 Å². The fourth-order valence-electron chi connectivity index (χ4n) is 2.31. The molecule has 0 unspecified atom stereocenters. The molecule has 21 heavy (non-hydrogen) atoms. The summed E-state index contributed by atoms with van der Waals surface area (Å²) in [4.78, 5) is 3.21. The van der Waals surface area contributed by atoms with Crippen LogP contribution in [0, 0.1) is 11.7 Å². The van der Waals surface area contributed by atoms with Gasteiger partial charge in [-0.3, -0.25) is 4.57 Å². The summed E-state index contributed by atoms with van der Waals surface area (Å²) < 4.78 is 9.03. The molecule has 0 radical (unpaired) electrons. The van der Waals surface area contributed by atoms with Gasteiger partial charge < -0.3 is 9.72 Å². The number of imidazole rings is 1. The molecule has 0 aliphatic heterocycles. The number of ether oxygens (including phenoxy) is 1. The third-order valence-corrected chi connectivity index (χ3v) is 4.53. The van der Waals surface area contributed by atoms with E-state index in [2.05, 4.69) is 20.9 Å². The van der Waals surface area contributed by atoms with Crippen molar-refractivity contribution in [2.45, 2.75) is 6.92 Å². The summed E-state index contributed by atoms with van der Waals surface area (Å²) in [5.41, 5.74) is 3.80. The first-order valence-corrected chi connectivity index (χ1v) is 7.84. The molecule has 0 amide bonds. The van der Waals surface area contributed by atoms with Crippen LogP contribution in [0.2, 0.25) is 5.02 Å². The number of halogens is 2. The van der Waals surface area contributed by atoms with Gasteiger partial charge in [-0.05, 0) is 49.0 Å². The van der Waals surface area contributed by atoms with E-state index in [0.717, 1.165) is 26.8 Å². The number of methoxy groups -OCH3 is 1. The van der Waals surface area contributed by atoms with E-state index in [9.17, 15) is 0 Å². The highest BCUT2D eigenvalue weighted by atomic mass is 79.9. The lowest BCUT2D eigenvalue weighted by atomic mass is 10.2. The molecule has 0 bridgehead atoms. The van der Waals surface area contributed by atoms with Crippen LogP contribution in [-0.4, -0.2) is 16.7 Å². The normalized spacial score (nSPS) is 11.0. The van der Waals surface area contributed by atoms with Crippen molar-refractivity contribution < 1.29 is 4.74 Å². The summed E-state index contributed by atoms with van der Waals surface area (Å²) in [5, 5.41) is 0.671. The van der Waals surface area contributed by atoms with E-state index in [1.165, 1.54) is 0 Å². The van der Waals surface area contributed by atoms with Gasteiger partial charge in [-0.15, -0.1) is 0 Å². The Hall–Kier alpha value is -1.30. The van der Waals surface area contributed by atoms with Crippen LogP contribution in [0.5, 0.6) is 5.75 Å². The lowest BCUT2D eigenvalue weighted by Gasteiger charge is -2.12. The summed E-state index contributed by atoms with van der Waals surface area (Å²) in [6.07, 6.45) is 0. The molecule has 108 valence electrons. The zero-order valence-corrected chi connectivity index (χ0v) is 14.6. The van der Waals surface area contributed by atoms with Gasteiger partial charge in [0.1, 0.15) is 5.75 Å². The molecule has 0 aliphatic carbocycles. The van der Waals surface area contributed by atoms with Gasteiger partial charge in [-0.25, -0.2) is 0 Å². The maximum absolute atomic E-state index is 6.18. The van der Waals surface area contributed by atoms with Crippen molar-refractivity contribution in [2.24, 2.45) is 0 Å². The van der Waals surface area contributed by atoms with Crippen molar-refractivity contribution in [3.63, 3.8) is 0 Å². The SMILES string of the molecule is COc1cc(Cl)c(C)cc1-n1c(=S)[nH]c2cc(Br)ccc21. The Morgan fingerprint density at radius 3 is 2.76 bits per heavy atom. The van der Waals surface area contributed by atoms with Crippen LogP contribution < -0.4 is 4.74 Å². The van der Waals surface area contributed by atoms with Crippen LogP contribution in [-0.2, 0) is 0 Å². The minimum atomic E-state index is 0.614. The van der Waals surface area contributed by atoms with E-state index >= 15 is 0 Å². The highest BCUT2D eigenvalue weighted by Gasteiger charge is 2.13. The topological polar surface area (TPSA) is 29.9 Å². The van der Waals surface area contributed by atoms with Gasteiger partial charge in [0, 0.05) is 15.6 Å². The first-order chi connectivity index (χ1) is 10.0. The predicted octanol–water partition coefficient (Wildman–Crippen LogP) is 5.42. The molecule has 3 aromatic rings. The average molecular weight is 384 g/mol. The van der Waals surface area contributed by atoms with Crippen molar-refractivity contribution in [3.05, 3.63) is 50.2 Å². The van der Waals surface area contributed by atoms with Crippen LogP contribution in [0.4, 0.5) is 0 Å². The largest absolute Gasteiger partial charge is 0.495 e. The van der Waals surface area contributed by atoms with Crippen molar-refractivity contribution in [2.75, 3.05) is 7.11 Å². The fraction of sp³-hybridized carbons (Fsp3) is 0.133. The number of rotatable bonds is 2. The van der Waals surface area contributed by atoms with E-state index in [0.29, 0.717) is 15.5 Å². The summed E-state index contributed by atoms with van der Waals surface area (Å²) >= 11 is 15.1. The lowest BCUT2D eigenvalue weighted by molar-refractivity contribution is 0.413. The molecule has 3 nitrogen and oxygen atoms in total. The zero-order chi connectivity index (χ0) is 15.1. The molecule has 6 heteroatoms. The van der Waals surface area contributed by atoms with Crippen LogP contribution in [0.15, 0.2) is 34.8 Å². The molecule has 0 saturated carbocycles. The first kappa shape index (κ1) is 14.6. The van der Waals surface area contributed by atoms with E-state index in [1.54, 1.807) is 7.11 Å². The average Bonchev–Trinajstić information content (AvgIpc) is 2.76. The minimum absolute atomic E-state index is 0.614. The summed E-state index contributed by atoms with van der Waals surface area (Å²) in [7, 11) is 1.62. The molecule has 0 aliphatic rings. The Morgan fingerprint density at radius 2 is 2.05 bits per heavy atom. The van der Waals surface area contributed by atoms with Crippen LogP contribution in [0.1, 0.15) is 5.56 Å². The molecule has 0 fully saturated rings. The van der Waals surface area contributed by atoms with Crippen LogP contribution >= 0.6 is 39.7 Å². The second kappa shape index (κ2) is 5.48. The molecule has 0 atom stereocenters. The van der Waals surface area contributed by atoms with E-state index in [-0.39, 0.29) is 0 Å². The van der Waals surface area contributed by atoms with E-state index in [4.69, 9.17) is 28.6 Å². The van der Waals surface area contributed by atoms with Crippen LogP contribution in [0.25, 0.3) is 16.7 Å². The Morgan fingerprint density at radius 1 is 1.29 bits per heavy atom. The molecule has 1 heterocycles. The van der Waals surface area contributed by atoms with Gasteiger partial charge in [-0.1, -0.05) is 27.5 Å². The van der Waals surface area contributed by atoms with Crippen molar-refractivity contribution >= 4 is 50.8 Å². The van der Waals surface area contributed by atoms with Gasteiger partial charge in [0.15, 0.2) is 4.77 Å². The Bertz CT molecular complexity index is 901. The molecule has 3 rings (SSSR count). The molecule has 1 N–H and O–H groups in total. The predicted molar refractivity (Wildman–Crippen MR) is 92.5 cm³/mol. The Balaban J connectivity index is 2.38. The number of nitrogens with one attached hydrogen (secondary N) is 1. The Kier molecular flexibility index (Phi) is 3.82. The quantitative estimate of drug-likeness (QED) is 0.599. The number of hydrogen-bond acceptors (Lipinski definition) is 2. The highest BCUT2D eigenvalue weighted by molar-refractivity contribution is 9.10. The molecule has 2 aromatic carbocycles. The number of hydrogen-bond donors (Lipinski definition) is 1. The van der Waals surface area contributed by atoms with Crippen molar-refractivity contribution in [1.82, 2.24) is 9.55 Å². The standard InChI is InChI=1S/C15H12BrClN2OS/c1-8-5-13(14(20-2)7-10(8)17)19-12-4-3-9(16)6-11(12)18-15(19)21/h3-7H,1-2H3,(H,18,21). The zero-order valence-electron chi connectivity index (χ0n) is 11.4.